The molecular formula is C21H30N6O3. The van der Waals surface area contributed by atoms with Gasteiger partial charge in [0.2, 0.25) is 0 Å². The van der Waals surface area contributed by atoms with Crippen LogP contribution >= 0.6 is 0 Å². The second-order valence-electron chi connectivity index (χ2n) is 8.70. The molecule has 0 atom stereocenters. The van der Waals surface area contributed by atoms with E-state index in [0.29, 0.717) is 17.3 Å². The van der Waals surface area contributed by atoms with E-state index >= 15 is 0 Å². The lowest BCUT2D eigenvalue weighted by Gasteiger charge is -2.35. The average Bonchev–Trinajstić information content (AvgIpc) is 3.18. The summed E-state index contributed by atoms with van der Waals surface area (Å²) in [5.74, 6) is 0. The Morgan fingerprint density at radius 2 is 1.93 bits per heavy atom. The zero-order valence-corrected chi connectivity index (χ0v) is 18.5. The van der Waals surface area contributed by atoms with Gasteiger partial charge in [0.1, 0.15) is 11.1 Å². The molecule has 4 rings (SSSR count). The van der Waals surface area contributed by atoms with Crippen LogP contribution in [0.15, 0.2) is 29.6 Å². The Balaban J connectivity index is 0.000000178. The van der Waals surface area contributed by atoms with Crippen molar-refractivity contribution in [2.24, 2.45) is 7.05 Å². The summed E-state index contributed by atoms with van der Waals surface area (Å²) in [6, 6.07) is 0.412. The number of fused-ring (bicyclic) bond motifs is 1. The molecule has 0 unspecified atom stereocenters. The molecule has 0 aromatic carbocycles. The lowest BCUT2D eigenvalue weighted by atomic mass is 9.92. The number of ether oxygens (including phenoxy) is 1. The molecule has 0 saturated heterocycles. The van der Waals surface area contributed by atoms with Crippen LogP contribution in [0.3, 0.4) is 0 Å². The molecule has 1 aliphatic carbocycles. The van der Waals surface area contributed by atoms with Crippen molar-refractivity contribution in [2.45, 2.75) is 58.6 Å². The Hall–Kier alpha value is -3.10. The molecule has 1 N–H and O–H groups in total. The summed E-state index contributed by atoms with van der Waals surface area (Å²) < 4.78 is 8.52. The van der Waals surface area contributed by atoms with Gasteiger partial charge in [-0.25, -0.2) is 9.31 Å². The number of nitrogens with one attached hydrogen (secondary N) is 1. The van der Waals surface area contributed by atoms with E-state index in [4.69, 9.17) is 4.74 Å². The Bertz CT molecular complexity index is 1080. The Kier molecular flexibility index (Phi) is 6.00. The standard InChI is InChI=1S/C11H11N5O.C10H19NO2/c1-7-3-13-16-6-9(14-11(17)10(7)16)8-4-12-15(2)5-8;1-10(2,3)13-9(12)11(4)8-6-5-7-8/h3-6H,1-2H3,(H,14,17);8H,5-7H2,1-4H3. The zero-order valence-electron chi connectivity index (χ0n) is 18.5. The summed E-state index contributed by atoms with van der Waals surface area (Å²) in [6.07, 6.45) is 10.3. The monoisotopic (exact) mass is 414 g/mol. The summed E-state index contributed by atoms with van der Waals surface area (Å²) in [7, 11) is 3.65. The molecule has 1 saturated carbocycles. The molecule has 9 heteroatoms. The molecule has 1 fully saturated rings. The fraction of sp³-hybridized carbons (Fsp3) is 0.524. The molecule has 3 aromatic heterocycles. The zero-order chi connectivity index (χ0) is 22.1. The van der Waals surface area contributed by atoms with Crippen LogP contribution in [0.1, 0.15) is 45.6 Å². The molecule has 30 heavy (non-hydrogen) atoms. The summed E-state index contributed by atoms with van der Waals surface area (Å²) in [5, 5.41) is 8.21. The van der Waals surface area contributed by atoms with Crippen molar-refractivity contribution in [3.63, 3.8) is 0 Å². The number of nitrogens with zero attached hydrogens (tertiary/aromatic N) is 5. The first-order valence-corrected chi connectivity index (χ1v) is 10.1. The predicted octanol–water partition coefficient (Wildman–Crippen LogP) is 3.14. The fourth-order valence-electron chi connectivity index (χ4n) is 3.13. The third-order valence-corrected chi connectivity index (χ3v) is 5.01. The highest BCUT2D eigenvalue weighted by molar-refractivity contribution is 5.68. The van der Waals surface area contributed by atoms with Crippen LogP contribution < -0.4 is 5.56 Å². The second-order valence-corrected chi connectivity index (χ2v) is 8.70. The quantitative estimate of drug-likeness (QED) is 0.695. The number of carbonyl (C=O) groups excluding carboxylic acids is 1. The summed E-state index contributed by atoms with van der Waals surface area (Å²) in [5.41, 5.74) is 2.50. The number of hydrogen-bond acceptors (Lipinski definition) is 5. The van der Waals surface area contributed by atoms with Gasteiger partial charge in [-0.3, -0.25) is 9.48 Å². The van der Waals surface area contributed by atoms with Crippen molar-refractivity contribution in [2.75, 3.05) is 7.05 Å². The maximum Gasteiger partial charge on any atom is 0.410 e. The number of amides is 1. The molecule has 1 amide bonds. The van der Waals surface area contributed by atoms with E-state index < -0.39 is 0 Å². The van der Waals surface area contributed by atoms with Crippen LogP contribution in [0, 0.1) is 6.92 Å². The molecular weight excluding hydrogens is 384 g/mol. The van der Waals surface area contributed by atoms with Gasteiger partial charge in [0.05, 0.1) is 24.3 Å². The van der Waals surface area contributed by atoms with Crippen LogP contribution in [0.25, 0.3) is 16.8 Å². The summed E-state index contributed by atoms with van der Waals surface area (Å²) >= 11 is 0. The van der Waals surface area contributed by atoms with Gasteiger partial charge in [-0.1, -0.05) is 0 Å². The molecule has 1 aliphatic rings. The third-order valence-electron chi connectivity index (χ3n) is 5.01. The Morgan fingerprint density at radius 1 is 1.23 bits per heavy atom. The van der Waals surface area contributed by atoms with Gasteiger partial charge in [0.15, 0.2) is 0 Å². The van der Waals surface area contributed by atoms with Crippen molar-refractivity contribution in [1.29, 1.82) is 0 Å². The predicted molar refractivity (Wildman–Crippen MR) is 114 cm³/mol. The van der Waals surface area contributed by atoms with E-state index in [2.05, 4.69) is 15.2 Å². The van der Waals surface area contributed by atoms with E-state index in [1.807, 2.05) is 48.0 Å². The van der Waals surface area contributed by atoms with Crippen LogP contribution in [0.2, 0.25) is 0 Å². The number of aryl methyl sites for hydroxylation is 2. The van der Waals surface area contributed by atoms with E-state index in [0.717, 1.165) is 24.0 Å². The average molecular weight is 415 g/mol. The minimum Gasteiger partial charge on any atom is -0.444 e. The summed E-state index contributed by atoms with van der Waals surface area (Å²) in [6.45, 7) is 7.53. The second kappa shape index (κ2) is 8.33. The maximum atomic E-state index is 11.9. The van der Waals surface area contributed by atoms with E-state index in [9.17, 15) is 9.59 Å². The first-order valence-electron chi connectivity index (χ1n) is 10.1. The first-order chi connectivity index (χ1) is 14.0. The number of carbonyl (C=O) groups is 1. The van der Waals surface area contributed by atoms with E-state index in [1.54, 1.807) is 32.7 Å². The van der Waals surface area contributed by atoms with Gasteiger partial charge in [-0.2, -0.15) is 10.2 Å². The molecule has 0 spiro atoms. The fourth-order valence-corrected chi connectivity index (χ4v) is 3.13. The lowest BCUT2D eigenvalue weighted by molar-refractivity contribution is 0.0145. The summed E-state index contributed by atoms with van der Waals surface area (Å²) in [4.78, 5) is 28.0. The SMILES string of the molecule is CN(C(=O)OC(C)(C)C)C1CCC1.Cc1cnn2cc(-c3cnn(C)c3)[nH]c(=O)c12. The molecule has 3 heterocycles. The minimum absolute atomic E-state index is 0.138. The molecule has 162 valence electrons. The number of hydrogen-bond donors (Lipinski definition) is 1. The molecule has 9 nitrogen and oxygen atoms in total. The number of aromatic nitrogens is 5. The molecule has 0 aliphatic heterocycles. The van der Waals surface area contributed by atoms with Crippen LogP contribution in [0.5, 0.6) is 0 Å². The van der Waals surface area contributed by atoms with Gasteiger partial charge >= 0.3 is 6.09 Å². The van der Waals surface area contributed by atoms with E-state index in [1.165, 1.54) is 6.42 Å². The van der Waals surface area contributed by atoms with Crippen molar-refractivity contribution >= 4 is 11.6 Å². The highest BCUT2D eigenvalue weighted by Gasteiger charge is 2.28. The minimum atomic E-state index is -0.380. The van der Waals surface area contributed by atoms with Crippen molar-refractivity contribution in [3.8, 4) is 11.3 Å². The highest BCUT2D eigenvalue weighted by Crippen LogP contribution is 2.24. The van der Waals surface area contributed by atoms with Gasteiger partial charge in [0.25, 0.3) is 5.56 Å². The first kappa shape index (κ1) is 21.6. The van der Waals surface area contributed by atoms with Crippen molar-refractivity contribution < 1.29 is 9.53 Å². The van der Waals surface area contributed by atoms with Gasteiger partial charge < -0.3 is 14.6 Å². The van der Waals surface area contributed by atoms with Crippen molar-refractivity contribution in [1.82, 2.24) is 29.3 Å². The van der Waals surface area contributed by atoms with Gasteiger partial charge in [-0.05, 0) is 47.0 Å². The van der Waals surface area contributed by atoms with Gasteiger partial charge in [-0.15, -0.1) is 0 Å². The largest absolute Gasteiger partial charge is 0.444 e. The lowest BCUT2D eigenvalue weighted by Crippen LogP contribution is -2.43. The number of aromatic amines is 1. The van der Waals surface area contributed by atoms with Crippen LogP contribution in [0.4, 0.5) is 4.79 Å². The maximum absolute atomic E-state index is 11.9. The Labute approximate surface area is 175 Å². The molecule has 0 bridgehead atoms. The normalized spacial score (nSPS) is 14.1. The number of H-pyrrole nitrogens is 1. The van der Waals surface area contributed by atoms with Crippen LogP contribution in [-0.4, -0.2) is 54.1 Å². The third kappa shape index (κ3) is 4.90. The Morgan fingerprint density at radius 3 is 2.47 bits per heavy atom. The number of rotatable bonds is 2. The van der Waals surface area contributed by atoms with Crippen LogP contribution in [-0.2, 0) is 11.8 Å². The molecule has 3 aromatic rings. The molecule has 0 radical (unpaired) electrons. The highest BCUT2D eigenvalue weighted by atomic mass is 16.6. The topological polar surface area (TPSA) is 97.5 Å². The van der Waals surface area contributed by atoms with Crippen molar-refractivity contribution in [3.05, 3.63) is 40.7 Å². The smallest absolute Gasteiger partial charge is 0.410 e. The van der Waals surface area contributed by atoms with E-state index in [-0.39, 0.29) is 17.3 Å². The van der Waals surface area contributed by atoms with Gasteiger partial charge in [0, 0.05) is 37.5 Å².